The molecule has 4 fully saturated rings. The second kappa shape index (κ2) is 37.7. The summed E-state index contributed by atoms with van der Waals surface area (Å²) in [7, 11) is 0. The number of benzene rings is 5. The van der Waals surface area contributed by atoms with Crippen molar-refractivity contribution < 1.29 is 67.0 Å². The van der Waals surface area contributed by atoms with Gasteiger partial charge in [0.1, 0.15) is 75.2 Å². The number of carbonyl (C=O) groups is 5. The number of para-hydroxylation sites is 2. The topological polar surface area (TPSA) is 179 Å². The van der Waals surface area contributed by atoms with Crippen LogP contribution in [-0.2, 0) is 54.3 Å². The lowest BCUT2D eigenvalue weighted by atomic mass is 9.54. The monoisotopic (exact) mass is 1200 g/mol. The quantitative estimate of drug-likeness (QED) is 0.0314. The second-order valence-corrected chi connectivity index (χ2v) is 24.7. The molecule has 0 radical (unpaired) electrons. The lowest BCUT2D eigenvalue weighted by Gasteiger charge is -2.56. The highest BCUT2D eigenvalue weighted by Crippen LogP contribution is 2.57. The van der Waals surface area contributed by atoms with Crippen molar-refractivity contribution in [2.45, 2.75) is 172 Å². The number of ether oxygens (including phenoxy) is 8. The van der Waals surface area contributed by atoms with Crippen LogP contribution in [0.2, 0.25) is 0 Å². The molecule has 4 aliphatic rings. The summed E-state index contributed by atoms with van der Waals surface area (Å²) in [6, 6.07) is 42.4. The van der Waals surface area contributed by atoms with Crippen molar-refractivity contribution in [1.29, 1.82) is 0 Å². The van der Waals surface area contributed by atoms with Crippen molar-refractivity contribution in [3.63, 3.8) is 0 Å². The van der Waals surface area contributed by atoms with Gasteiger partial charge in [-0.05, 0) is 157 Å². The number of fused-ring (bicyclic) bond motifs is 1. The molecule has 5 aromatic carbocycles. The van der Waals surface area contributed by atoms with Crippen molar-refractivity contribution in [1.82, 2.24) is 0 Å². The van der Waals surface area contributed by atoms with Crippen LogP contribution in [-0.4, -0.2) is 86.3 Å². The van der Waals surface area contributed by atoms with Crippen molar-refractivity contribution in [3.8, 4) is 17.2 Å². The first kappa shape index (κ1) is 72.5. The lowest BCUT2D eigenvalue weighted by molar-refractivity contribution is -0.196. The summed E-state index contributed by atoms with van der Waals surface area (Å²) < 4.78 is 43.0. The van der Waals surface area contributed by atoms with Crippen LogP contribution in [0.3, 0.4) is 0 Å². The second-order valence-electron chi connectivity index (χ2n) is 24.7. The van der Waals surface area contributed by atoms with E-state index in [1.54, 1.807) is 12.1 Å². The Kier molecular flexibility index (Phi) is 31.4. The summed E-state index contributed by atoms with van der Waals surface area (Å²) >= 11 is 0. The highest BCUT2D eigenvalue weighted by molar-refractivity contribution is 5.88. The molecule has 0 amide bonds. The molecule has 4 bridgehead atoms. The average molecular weight is 1200 g/mol. The fourth-order valence-electron chi connectivity index (χ4n) is 9.99. The number of hydrogen-bond donors (Lipinski definition) is 1. The van der Waals surface area contributed by atoms with Crippen molar-refractivity contribution in [2.24, 2.45) is 46.3 Å². The van der Waals surface area contributed by atoms with Gasteiger partial charge >= 0.3 is 29.8 Å². The van der Waals surface area contributed by atoms with E-state index < -0.39 is 11.5 Å². The van der Waals surface area contributed by atoms with Gasteiger partial charge in [-0.15, -0.1) is 0 Å². The third-order valence-electron chi connectivity index (χ3n) is 16.7. The first-order valence-corrected chi connectivity index (χ1v) is 31.7. The van der Waals surface area contributed by atoms with Crippen LogP contribution >= 0.6 is 0 Å². The average Bonchev–Trinajstić information content (AvgIpc) is 1.38. The third kappa shape index (κ3) is 25.7. The van der Waals surface area contributed by atoms with E-state index in [-0.39, 0.29) is 78.4 Å². The van der Waals surface area contributed by atoms with E-state index in [0.29, 0.717) is 38.6 Å². The van der Waals surface area contributed by atoms with Crippen LogP contribution in [0.15, 0.2) is 133 Å². The summed E-state index contributed by atoms with van der Waals surface area (Å²) in [6.45, 7) is 25.0. The number of aliphatic hydroxyl groups excluding tert-OH is 1. The van der Waals surface area contributed by atoms with Crippen LogP contribution in [0.1, 0.15) is 159 Å². The zero-order chi connectivity index (χ0) is 63.8. The van der Waals surface area contributed by atoms with Crippen molar-refractivity contribution in [2.75, 3.05) is 39.6 Å². The molecule has 4 saturated carbocycles. The molecule has 14 nitrogen and oxygen atoms in total. The molecule has 0 saturated heterocycles. The Morgan fingerprint density at radius 3 is 1.40 bits per heavy atom. The highest BCUT2D eigenvalue weighted by Gasteiger charge is 2.54. The minimum atomic E-state index is -0.822. The molecule has 0 spiro atoms. The lowest BCUT2D eigenvalue weighted by Crippen LogP contribution is -2.53. The Bertz CT molecular complexity index is 2740. The fourth-order valence-corrected chi connectivity index (χ4v) is 9.99. The maximum Gasteiger partial charge on any atom is 0.312 e. The molecule has 14 heteroatoms. The summed E-state index contributed by atoms with van der Waals surface area (Å²) in [5.41, 5.74) is 0.130. The summed E-state index contributed by atoms with van der Waals surface area (Å²) in [6.07, 6.45) is 10.8. The smallest absolute Gasteiger partial charge is 0.312 e. The van der Waals surface area contributed by atoms with Gasteiger partial charge in [0.25, 0.3) is 0 Å². The zero-order valence-electron chi connectivity index (χ0n) is 54.2. The highest BCUT2D eigenvalue weighted by atomic mass is 16.6. The molecule has 9 rings (SSSR count). The van der Waals surface area contributed by atoms with Crippen LogP contribution in [0, 0.1) is 46.3 Å². The van der Waals surface area contributed by atoms with E-state index in [9.17, 15) is 29.1 Å². The molecule has 4 aliphatic carbocycles. The molecule has 4 unspecified atom stereocenters. The normalized spacial score (nSPS) is 18.4. The molecule has 87 heavy (non-hydrogen) atoms. The van der Waals surface area contributed by atoms with E-state index in [0.717, 1.165) is 90.5 Å². The molecular formula is C73H102O14. The van der Waals surface area contributed by atoms with Gasteiger partial charge in [0.05, 0.1) is 28.6 Å². The van der Waals surface area contributed by atoms with Gasteiger partial charge < -0.3 is 43.0 Å². The number of hydrogen-bond acceptors (Lipinski definition) is 14. The van der Waals surface area contributed by atoms with Crippen LogP contribution < -0.4 is 14.2 Å². The number of carbonyl (C=O) groups excluding carboxylic acids is 5. The Morgan fingerprint density at radius 1 is 0.483 bits per heavy atom. The predicted molar refractivity (Wildman–Crippen MR) is 342 cm³/mol. The SMILES string of the molecule is CCC(C)(C)C(=O)OC12CC3CC(CC(C3)C1)C2.CCC(C)(C)C(=O)OCC(O)COc1ccccc1.CCC(C)C(=O)OCCOc1cccc2ccccc12.CCC(C)C(=O)OCCOc1ccccc1.CCC(C)C(=O)OCc1ccccc1. The summed E-state index contributed by atoms with van der Waals surface area (Å²) in [4.78, 5) is 58.2. The summed E-state index contributed by atoms with van der Waals surface area (Å²) in [5.74, 6) is 4.05. The largest absolute Gasteiger partial charge is 0.491 e. The first-order chi connectivity index (χ1) is 41.6. The maximum absolute atomic E-state index is 12.4. The van der Waals surface area contributed by atoms with E-state index >= 15 is 0 Å². The van der Waals surface area contributed by atoms with Crippen molar-refractivity contribution in [3.05, 3.63) is 139 Å². The number of rotatable bonds is 26. The van der Waals surface area contributed by atoms with Gasteiger partial charge in [-0.2, -0.15) is 0 Å². The van der Waals surface area contributed by atoms with Gasteiger partial charge in [0, 0.05) is 5.39 Å². The molecule has 0 heterocycles. The minimum Gasteiger partial charge on any atom is -0.491 e. The van der Waals surface area contributed by atoms with Crippen LogP contribution in [0.25, 0.3) is 10.8 Å². The Morgan fingerprint density at radius 2 is 0.908 bits per heavy atom. The fraction of sp³-hybridized carbons (Fsp3) is 0.548. The predicted octanol–water partition coefficient (Wildman–Crippen LogP) is 15.6. The zero-order valence-corrected chi connectivity index (χ0v) is 54.2. The van der Waals surface area contributed by atoms with Gasteiger partial charge in [0.2, 0.25) is 0 Å². The molecule has 4 atom stereocenters. The first-order valence-electron chi connectivity index (χ1n) is 31.7. The Balaban J connectivity index is 0.000000234. The minimum absolute atomic E-state index is 0.00119. The van der Waals surface area contributed by atoms with Gasteiger partial charge in [-0.3, -0.25) is 24.0 Å². The van der Waals surface area contributed by atoms with E-state index in [4.69, 9.17) is 37.9 Å². The van der Waals surface area contributed by atoms with E-state index in [1.807, 2.05) is 197 Å². The van der Waals surface area contributed by atoms with Crippen LogP contribution in [0.4, 0.5) is 0 Å². The molecular weight excluding hydrogens is 1100 g/mol. The molecule has 1 N–H and O–H groups in total. The molecule has 0 aliphatic heterocycles. The Labute approximate surface area is 519 Å². The van der Waals surface area contributed by atoms with E-state index in [2.05, 4.69) is 6.92 Å². The number of aliphatic hydroxyl groups is 1. The third-order valence-corrected chi connectivity index (χ3v) is 16.7. The standard InChI is InChI=1S/C17H20O3.C16H26O2.C15H22O4.C13H18O3.C12H16O2/c1-3-13(2)17(18)20-12-11-19-16-10-6-8-14-7-4-5-9-15(14)16;1-4-15(2,3)14(17)18-16-8-11-5-12(9-16)7-13(6-11)10-16;1-4-15(2,3)14(17)19-11-12(16)10-18-13-8-6-5-7-9-13;1-3-11(2)13(14)16-10-9-15-12-7-5-4-6-8-12;1-3-10(2)12(13)14-9-11-7-5-4-6-8-11/h4-10,13H,3,11-12H2,1-2H3;11-13H,4-10H2,1-3H3;5-9,12,16H,4,10-11H2,1-3H3;4-8,11H,3,9-10H2,1-2H3;4-8,10H,3,9H2,1-2H3. The van der Waals surface area contributed by atoms with E-state index in [1.165, 1.54) is 19.3 Å². The van der Waals surface area contributed by atoms with Gasteiger partial charge in [-0.1, -0.05) is 159 Å². The van der Waals surface area contributed by atoms with Crippen LogP contribution in [0.5, 0.6) is 17.2 Å². The Hall–Kier alpha value is -6.93. The van der Waals surface area contributed by atoms with Gasteiger partial charge in [0.15, 0.2) is 0 Å². The molecule has 478 valence electrons. The molecule has 5 aromatic rings. The molecule has 0 aromatic heterocycles. The van der Waals surface area contributed by atoms with Gasteiger partial charge in [-0.25, -0.2) is 0 Å². The number of esters is 5. The van der Waals surface area contributed by atoms with Crippen molar-refractivity contribution >= 4 is 40.6 Å². The maximum atomic E-state index is 12.4. The summed E-state index contributed by atoms with van der Waals surface area (Å²) in [5, 5.41) is 11.9.